The smallest absolute Gasteiger partial charge is 0.216 e. The fourth-order valence-corrected chi connectivity index (χ4v) is 11.2. The quantitative estimate of drug-likeness (QED) is 0.361. The third-order valence-corrected chi connectivity index (χ3v) is 13.1. The Kier molecular flexibility index (Phi) is 7.84. The maximum Gasteiger partial charge on any atom is 0.216 e. The Bertz CT molecular complexity index is 866. The Labute approximate surface area is 191 Å². The van der Waals surface area contributed by atoms with E-state index in [1.807, 2.05) is 0 Å². The molecule has 0 spiro atoms. The number of aromatic nitrogens is 4. The molecule has 0 aromatic carbocycles. The minimum atomic E-state index is -2.07. The molecule has 1 saturated carbocycles. The van der Waals surface area contributed by atoms with Gasteiger partial charge in [0.1, 0.15) is 17.8 Å². The Hall–Kier alpha value is -2.10. The molecule has 32 heavy (non-hydrogen) atoms. The Morgan fingerprint density at radius 1 is 1.22 bits per heavy atom. The lowest BCUT2D eigenvalue weighted by Crippen LogP contribution is -2.51. The predicted molar refractivity (Wildman–Crippen MR) is 127 cm³/mol. The average molecular weight is 460 g/mol. The van der Waals surface area contributed by atoms with Gasteiger partial charge in [0.15, 0.2) is 0 Å². The highest BCUT2D eigenvalue weighted by Crippen LogP contribution is 2.45. The van der Waals surface area contributed by atoms with Crippen LogP contribution in [-0.2, 0) is 4.43 Å². The molecule has 3 N–H and O–H groups in total. The van der Waals surface area contributed by atoms with E-state index in [-0.39, 0.29) is 30.5 Å². The molecular formula is C23H37N5O3Si. The molecule has 1 aliphatic rings. The first kappa shape index (κ1) is 24.5. The van der Waals surface area contributed by atoms with Gasteiger partial charge in [-0.15, -0.1) is 0 Å². The Morgan fingerprint density at radius 3 is 2.47 bits per heavy atom. The van der Waals surface area contributed by atoms with E-state index in [9.17, 15) is 9.90 Å². The Morgan fingerprint density at radius 2 is 1.91 bits per heavy atom. The molecule has 0 aliphatic heterocycles. The molecule has 176 valence electrons. The molecule has 2 heterocycles. The molecule has 1 aliphatic carbocycles. The number of hydrogen-bond donors (Lipinski definition) is 3. The van der Waals surface area contributed by atoms with Crippen LogP contribution in [0.3, 0.4) is 0 Å². The predicted octanol–water partition coefficient (Wildman–Crippen LogP) is 4.17. The highest BCUT2D eigenvalue weighted by molar-refractivity contribution is 6.77. The monoisotopic (exact) mass is 459 g/mol. The summed E-state index contributed by atoms with van der Waals surface area (Å²) in [6, 6.07) is 1.69. The Balaban J connectivity index is 1.79. The third-order valence-electron chi connectivity index (χ3n) is 6.97. The molecule has 1 fully saturated rings. The first-order valence-electron chi connectivity index (χ1n) is 11.6. The summed E-state index contributed by atoms with van der Waals surface area (Å²) in [6.07, 6.45) is 6.04. The number of aromatic amines is 1. The number of carbonyl (C=O) groups excluding carboxylic acids is 1. The van der Waals surface area contributed by atoms with Gasteiger partial charge in [-0.05, 0) is 35.5 Å². The van der Waals surface area contributed by atoms with E-state index in [0.29, 0.717) is 33.7 Å². The summed E-state index contributed by atoms with van der Waals surface area (Å²) >= 11 is 0. The summed E-state index contributed by atoms with van der Waals surface area (Å²) in [5.41, 5.74) is 2.24. The topological polar surface area (TPSA) is 113 Å². The zero-order chi connectivity index (χ0) is 23.5. The van der Waals surface area contributed by atoms with Crippen molar-refractivity contribution in [2.75, 3.05) is 11.9 Å². The molecule has 3 rings (SSSR count). The van der Waals surface area contributed by atoms with Crippen molar-refractivity contribution in [1.29, 1.82) is 0 Å². The summed E-state index contributed by atoms with van der Waals surface area (Å²) in [5.74, 6) is 0.354. The number of carbonyl (C=O) groups is 1. The number of rotatable bonds is 10. The zero-order valence-corrected chi connectivity index (χ0v) is 21.0. The van der Waals surface area contributed by atoms with Crippen molar-refractivity contribution < 1.29 is 14.3 Å². The number of H-pyrrole nitrogens is 1. The number of ketones is 1. The van der Waals surface area contributed by atoms with Crippen molar-refractivity contribution in [3.05, 3.63) is 36.0 Å². The molecular weight excluding hydrogens is 422 g/mol. The van der Waals surface area contributed by atoms with E-state index in [0.717, 1.165) is 12.8 Å². The number of nitrogens with zero attached hydrogens (tertiary/aromatic N) is 3. The van der Waals surface area contributed by atoms with Crippen molar-refractivity contribution in [2.45, 2.75) is 83.2 Å². The number of nitrogens with one attached hydrogen (secondary N) is 2. The van der Waals surface area contributed by atoms with Crippen LogP contribution in [0.4, 0.5) is 5.82 Å². The fraction of sp³-hybridized carbons (Fsp3) is 0.652. The first-order chi connectivity index (χ1) is 15.2. The number of anilines is 1. The SMILES string of the molecule is CC(C)[Si](O[C@H]1C[C@H](Nc2ncncc2C(=O)c2ccn[nH]2)C[C@@H]1CO)(C(C)C)C(C)C. The van der Waals surface area contributed by atoms with E-state index < -0.39 is 8.32 Å². The van der Waals surface area contributed by atoms with Crippen LogP contribution in [0.5, 0.6) is 0 Å². The maximum absolute atomic E-state index is 12.8. The van der Waals surface area contributed by atoms with Crippen LogP contribution in [0.15, 0.2) is 24.8 Å². The molecule has 0 radical (unpaired) electrons. The van der Waals surface area contributed by atoms with Gasteiger partial charge in [0.25, 0.3) is 0 Å². The van der Waals surface area contributed by atoms with E-state index in [2.05, 4.69) is 67.0 Å². The fourth-order valence-electron chi connectivity index (χ4n) is 5.54. The standard InChI is InChI=1S/C23H37N5O3Si/c1-14(2)32(15(3)4,16(5)6)31-21-10-18(9-17(21)12-29)27-23-19(11-24-13-25-23)22(30)20-7-8-26-28-20/h7-8,11,13-18,21,29H,9-10,12H2,1-6H3,(H,26,28)(H,24,25,27)/t17-,18-,21+/m1/s1. The molecule has 9 heteroatoms. The summed E-state index contributed by atoms with van der Waals surface area (Å²) in [4.78, 5) is 21.2. The van der Waals surface area contributed by atoms with Gasteiger partial charge in [-0.1, -0.05) is 41.5 Å². The molecule has 0 amide bonds. The molecule has 0 unspecified atom stereocenters. The summed E-state index contributed by atoms with van der Waals surface area (Å²) in [5, 5.41) is 20.1. The minimum absolute atomic E-state index is 0.00929. The highest BCUT2D eigenvalue weighted by Gasteiger charge is 2.49. The van der Waals surface area contributed by atoms with Crippen LogP contribution < -0.4 is 5.32 Å². The van der Waals surface area contributed by atoms with Crippen molar-refractivity contribution in [3.63, 3.8) is 0 Å². The normalized spacial score (nSPS) is 21.6. The summed E-state index contributed by atoms with van der Waals surface area (Å²) in [6.45, 7) is 13.7. The minimum Gasteiger partial charge on any atom is -0.413 e. The molecule has 8 nitrogen and oxygen atoms in total. The second-order valence-corrected chi connectivity index (χ2v) is 15.2. The molecule has 0 bridgehead atoms. The second kappa shape index (κ2) is 10.2. The van der Waals surface area contributed by atoms with Crippen LogP contribution in [0.25, 0.3) is 0 Å². The number of aliphatic hydroxyl groups excluding tert-OH is 1. The van der Waals surface area contributed by atoms with Gasteiger partial charge < -0.3 is 14.8 Å². The molecule has 0 saturated heterocycles. The third kappa shape index (κ3) is 4.79. The van der Waals surface area contributed by atoms with Crippen molar-refractivity contribution in [1.82, 2.24) is 20.2 Å². The zero-order valence-electron chi connectivity index (χ0n) is 20.0. The van der Waals surface area contributed by atoms with E-state index in [4.69, 9.17) is 4.43 Å². The number of aliphatic hydroxyl groups is 1. The first-order valence-corrected chi connectivity index (χ1v) is 13.7. The van der Waals surface area contributed by atoms with Gasteiger partial charge >= 0.3 is 0 Å². The van der Waals surface area contributed by atoms with Gasteiger partial charge in [-0.25, -0.2) is 9.97 Å². The van der Waals surface area contributed by atoms with Gasteiger partial charge in [0, 0.05) is 31.0 Å². The van der Waals surface area contributed by atoms with E-state index >= 15 is 0 Å². The maximum atomic E-state index is 12.8. The van der Waals surface area contributed by atoms with E-state index in [1.165, 1.54) is 12.5 Å². The molecule has 3 atom stereocenters. The summed E-state index contributed by atoms with van der Waals surface area (Å²) in [7, 11) is -2.07. The van der Waals surface area contributed by atoms with Crippen molar-refractivity contribution in [3.8, 4) is 0 Å². The largest absolute Gasteiger partial charge is 0.413 e. The molecule has 2 aromatic heterocycles. The lowest BCUT2D eigenvalue weighted by molar-refractivity contribution is 0.0941. The summed E-state index contributed by atoms with van der Waals surface area (Å²) < 4.78 is 7.02. The molecule has 2 aromatic rings. The van der Waals surface area contributed by atoms with Gasteiger partial charge in [-0.3, -0.25) is 9.89 Å². The van der Waals surface area contributed by atoms with Crippen molar-refractivity contribution >= 4 is 19.9 Å². The van der Waals surface area contributed by atoms with Gasteiger partial charge in [0.05, 0.1) is 11.7 Å². The highest BCUT2D eigenvalue weighted by atomic mass is 28.4. The van der Waals surface area contributed by atoms with Gasteiger partial charge in [0.2, 0.25) is 14.1 Å². The van der Waals surface area contributed by atoms with Crippen LogP contribution in [-0.4, -0.2) is 58.1 Å². The average Bonchev–Trinajstić information content (AvgIpc) is 3.41. The van der Waals surface area contributed by atoms with Crippen molar-refractivity contribution in [2.24, 2.45) is 5.92 Å². The lowest BCUT2D eigenvalue weighted by atomic mass is 10.1. The van der Waals surface area contributed by atoms with Crippen LogP contribution >= 0.6 is 0 Å². The van der Waals surface area contributed by atoms with E-state index in [1.54, 1.807) is 12.3 Å². The van der Waals surface area contributed by atoms with Crippen LogP contribution in [0.1, 0.15) is 70.4 Å². The van der Waals surface area contributed by atoms with Crippen LogP contribution in [0, 0.1) is 5.92 Å². The van der Waals surface area contributed by atoms with Crippen LogP contribution in [0.2, 0.25) is 16.6 Å². The second-order valence-electron chi connectivity index (χ2n) is 9.81. The number of hydrogen-bond acceptors (Lipinski definition) is 7. The van der Waals surface area contributed by atoms with Gasteiger partial charge in [-0.2, -0.15) is 5.10 Å². The lowest BCUT2D eigenvalue weighted by Gasteiger charge is -2.45.